The molecule has 4 nitrogen and oxygen atoms in total. The summed E-state index contributed by atoms with van der Waals surface area (Å²) >= 11 is 0. The van der Waals surface area contributed by atoms with E-state index >= 15 is 0 Å². The molecule has 2 aromatic heterocycles. The summed E-state index contributed by atoms with van der Waals surface area (Å²) in [6.07, 6.45) is 1.77. The maximum Gasteiger partial charge on any atom is 0.158 e. The fraction of sp³-hybridized carbons (Fsp3) is 0.118. The summed E-state index contributed by atoms with van der Waals surface area (Å²) < 4.78 is 0. The van der Waals surface area contributed by atoms with Gasteiger partial charge in [0.25, 0.3) is 0 Å². The molecule has 0 aliphatic carbocycles. The van der Waals surface area contributed by atoms with Crippen molar-refractivity contribution in [3.63, 3.8) is 0 Å². The Hall–Kier alpha value is -2.75. The Labute approximate surface area is 121 Å². The van der Waals surface area contributed by atoms with Crippen molar-refractivity contribution >= 4 is 22.1 Å². The van der Waals surface area contributed by atoms with Crippen LogP contribution in [0.15, 0.2) is 42.6 Å². The van der Waals surface area contributed by atoms with Crippen LogP contribution in [0.4, 0.5) is 0 Å². The van der Waals surface area contributed by atoms with Crippen LogP contribution in [0.5, 0.6) is 0 Å². The van der Waals surface area contributed by atoms with Crippen molar-refractivity contribution in [3.8, 4) is 11.5 Å². The van der Waals surface area contributed by atoms with E-state index in [0.29, 0.717) is 0 Å². The molecule has 2 heterocycles. The molecule has 0 aliphatic rings. The van der Waals surface area contributed by atoms with Crippen molar-refractivity contribution in [1.29, 1.82) is 0 Å². The van der Waals surface area contributed by atoms with Gasteiger partial charge in [-0.05, 0) is 43.2 Å². The number of hydrogen-bond donors (Lipinski definition) is 1. The van der Waals surface area contributed by atoms with Crippen molar-refractivity contribution < 1.29 is 0 Å². The summed E-state index contributed by atoms with van der Waals surface area (Å²) in [5.41, 5.74) is 6.96. The molecule has 0 radical (unpaired) electrons. The fourth-order valence-corrected chi connectivity index (χ4v) is 2.66. The summed E-state index contributed by atoms with van der Waals surface area (Å²) in [4.78, 5) is 17.1. The van der Waals surface area contributed by atoms with Crippen molar-refractivity contribution in [2.24, 2.45) is 0 Å². The minimum absolute atomic E-state index is 0.761. The van der Waals surface area contributed by atoms with Crippen LogP contribution in [0.3, 0.4) is 0 Å². The molecular formula is C17H14N4. The number of imidazole rings is 1. The largest absolute Gasteiger partial charge is 0.337 e. The van der Waals surface area contributed by atoms with Gasteiger partial charge in [0.1, 0.15) is 5.69 Å². The Morgan fingerprint density at radius 1 is 0.952 bits per heavy atom. The van der Waals surface area contributed by atoms with Gasteiger partial charge in [-0.25, -0.2) is 9.97 Å². The second-order valence-corrected chi connectivity index (χ2v) is 5.31. The standard InChI is InChI=1S/C17H14N4/c1-10-7-11(2)16-14(8-10)20-17(21-16)15-9-18-12-5-3-4-6-13(12)19-15/h3-9H,1-2H3,(H,20,21). The third-order valence-corrected chi connectivity index (χ3v) is 3.61. The Kier molecular flexibility index (Phi) is 2.51. The lowest BCUT2D eigenvalue weighted by atomic mass is 10.1. The van der Waals surface area contributed by atoms with Gasteiger partial charge in [0.05, 0.1) is 28.3 Å². The highest BCUT2D eigenvalue weighted by molar-refractivity contribution is 5.83. The first-order valence-corrected chi connectivity index (χ1v) is 6.90. The van der Waals surface area contributed by atoms with Crippen LogP contribution in [-0.4, -0.2) is 19.9 Å². The number of nitrogens with zero attached hydrogens (tertiary/aromatic N) is 3. The molecule has 0 fully saturated rings. The van der Waals surface area contributed by atoms with Gasteiger partial charge in [-0.2, -0.15) is 0 Å². The van der Waals surface area contributed by atoms with E-state index < -0.39 is 0 Å². The molecule has 0 unspecified atom stereocenters. The van der Waals surface area contributed by atoms with Gasteiger partial charge in [-0.3, -0.25) is 4.98 Å². The Balaban J connectivity index is 1.93. The number of aromatic amines is 1. The van der Waals surface area contributed by atoms with Crippen LogP contribution < -0.4 is 0 Å². The predicted octanol–water partition coefficient (Wildman–Crippen LogP) is 3.79. The van der Waals surface area contributed by atoms with Crippen LogP contribution in [0.1, 0.15) is 11.1 Å². The molecule has 0 amide bonds. The van der Waals surface area contributed by atoms with Gasteiger partial charge in [-0.15, -0.1) is 0 Å². The molecule has 0 saturated heterocycles. The Bertz CT molecular complexity index is 969. The monoisotopic (exact) mass is 274 g/mol. The molecule has 0 atom stereocenters. The smallest absolute Gasteiger partial charge is 0.158 e. The molecule has 2 aromatic carbocycles. The van der Waals surface area contributed by atoms with Crippen molar-refractivity contribution in [1.82, 2.24) is 19.9 Å². The molecule has 0 spiro atoms. The van der Waals surface area contributed by atoms with Gasteiger partial charge in [0.15, 0.2) is 5.82 Å². The van der Waals surface area contributed by atoms with E-state index in [1.807, 2.05) is 24.3 Å². The first-order valence-electron chi connectivity index (χ1n) is 6.90. The highest BCUT2D eigenvalue weighted by Crippen LogP contribution is 2.23. The number of para-hydroxylation sites is 2. The topological polar surface area (TPSA) is 54.5 Å². The van der Waals surface area contributed by atoms with E-state index in [1.54, 1.807) is 6.20 Å². The number of fused-ring (bicyclic) bond motifs is 2. The average molecular weight is 274 g/mol. The number of aromatic nitrogens is 4. The minimum Gasteiger partial charge on any atom is -0.337 e. The van der Waals surface area contributed by atoms with Gasteiger partial charge in [0, 0.05) is 0 Å². The number of benzene rings is 2. The number of aryl methyl sites for hydroxylation is 2. The van der Waals surface area contributed by atoms with E-state index in [9.17, 15) is 0 Å². The maximum atomic E-state index is 4.67. The van der Waals surface area contributed by atoms with Crippen molar-refractivity contribution in [2.75, 3.05) is 0 Å². The molecule has 1 N–H and O–H groups in total. The molecule has 4 heteroatoms. The molecule has 4 aromatic rings. The van der Waals surface area contributed by atoms with E-state index in [1.165, 1.54) is 11.1 Å². The highest BCUT2D eigenvalue weighted by atomic mass is 15.0. The first-order chi connectivity index (χ1) is 10.2. The number of rotatable bonds is 1. The lowest BCUT2D eigenvalue weighted by Crippen LogP contribution is -1.89. The summed E-state index contributed by atoms with van der Waals surface area (Å²) in [5.74, 6) is 0.761. The third kappa shape index (κ3) is 1.96. The number of H-pyrrole nitrogens is 1. The Morgan fingerprint density at radius 2 is 1.76 bits per heavy atom. The zero-order chi connectivity index (χ0) is 14.4. The van der Waals surface area contributed by atoms with Crippen LogP contribution in [0, 0.1) is 13.8 Å². The van der Waals surface area contributed by atoms with Gasteiger partial charge in [0.2, 0.25) is 0 Å². The lowest BCUT2D eigenvalue weighted by molar-refractivity contribution is 1.22. The molecule has 0 saturated carbocycles. The quantitative estimate of drug-likeness (QED) is 0.574. The second-order valence-electron chi connectivity index (χ2n) is 5.31. The molecule has 21 heavy (non-hydrogen) atoms. The van der Waals surface area contributed by atoms with Crippen LogP contribution in [0.2, 0.25) is 0 Å². The van der Waals surface area contributed by atoms with E-state index in [4.69, 9.17) is 0 Å². The zero-order valence-corrected chi connectivity index (χ0v) is 11.9. The summed E-state index contributed by atoms with van der Waals surface area (Å²) in [6, 6.07) is 12.1. The van der Waals surface area contributed by atoms with E-state index in [0.717, 1.165) is 33.6 Å². The average Bonchev–Trinajstić information content (AvgIpc) is 2.91. The van der Waals surface area contributed by atoms with Crippen LogP contribution in [-0.2, 0) is 0 Å². The fourth-order valence-electron chi connectivity index (χ4n) is 2.66. The van der Waals surface area contributed by atoms with Crippen molar-refractivity contribution in [2.45, 2.75) is 13.8 Å². The SMILES string of the molecule is Cc1cc(C)c2nc(-c3cnc4ccccc4n3)[nH]c2c1. The molecule has 102 valence electrons. The van der Waals surface area contributed by atoms with Crippen LogP contribution in [0.25, 0.3) is 33.6 Å². The third-order valence-electron chi connectivity index (χ3n) is 3.61. The summed E-state index contributed by atoms with van der Waals surface area (Å²) in [5, 5.41) is 0. The molecular weight excluding hydrogens is 260 g/mol. The van der Waals surface area contributed by atoms with E-state index in [-0.39, 0.29) is 0 Å². The highest BCUT2D eigenvalue weighted by Gasteiger charge is 2.10. The second kappa shape index (κ2) is 4.38. The number of hydrogen-bond acceptors (Lipinski definition) is 3. The molecule has 4 rings (SSSR count). The normalized spacial score (nSPS) is 11.3. The van der Waals surface area contributed by atoms with Gasteiger partial charge in [-0.1, -0.05) is 18.2 Å². The molecule has 0 aliphatic heterocycles. The van der Waals surface area contributed by atoms with Crippen LogP contribution >= 0.6 is 0 Å². The van der Waals surface area contributed by atoms with Gasteiger partial charge < -0.3 is 4.98 Å². The number of nitrogens with one attached hydrogen (secondary N) is 1. The van der Waals surface area contributed by atoms with Crippen molar-refractivity contribution in [3.05, 3.63) is 53.7 Å². The predicted molar refractivity (Wildman–Crippen MR) is 84.1 cm³/mol. The first kappa shape index (κ1) is 12.0. The maximum absolute atomic E-state index is 4.67. The summed E-state index contributed by atoms with van der Waals surface area (Å²) in [7, 11) is 0. The van der Waals surface area contributed by atoms with Gasteiger partial charge >= 0.3 is 0 Å². The lowest BCUT2D eigenvalue weighted by Gasteiger charge is -1.98. The Morgan fingerprint density at radius 3 is 2.62 bits per heavy atom. The minimum atomic E-state index is 0.761. The molecule has 0 bridgehead atoms. The van der Waals surface area contributed by atoms with E-state index in [2.05, 4.69) is 45.9 Å². The summed E-state index contributed by atoms with van der Waals surface area (Å²) in [6.45, 7) is 4.16. The zero-order valence-electron chi connectivity index (χ0n) is 11.9.